The summed E-state index contributed by atoms with van der Waals surface area (Å²) >= 11 is 0. The van der Waals surface area contributed by atoms with Gasteiger partial charge in [0.1, 0.15) is 11.8 Å². The molecule has 5 heteroatoms. The van der Waals surface area contributed by atoms with Gasteiger partial charge in [-0.1, -0.05) is 54.6 Å². The first-order chi connectivity index (χ1) is 16.2. The summed E-state index contributed by atoms with van der Waals surface area (Å²) in [6.07, 6.45) is 3.33. The van der Waals surface area contributed by atoms with Crippen molar-refractivity contribution in [3.63, 3.8) is 0 Å². The van der Waals surface area contributed by atoms with Crippen molar-refractivity contribution in [2.45, 2.75) is 31.7 Å². The summed E-state index contributed by atoms with van der Waals surface area (Å²) < 4.78 is 5.32. The number of hydrogen-bond donors (Lipinski definition) is 1. The maximum absolute atomic E-state index is 13.3. The summed E-state index contributed by atoms with van der Waals surface area (Å²) in [5.41, 5.74) is 3.79. The van der Waals surface area contributed by atoms with E-state index in [9.17, 15) is 9.59 Å². The van der Waals surface area contributed by atoms with Crippen LogP contribution in [0.15, 0.2) is 78.9 Å². The van der Waals surface area contributed by atoms with Crippen LogP contribution in [0, 0.1) is 0 Å². The van der Waals surface area contributed by atoms with Crippen molar-refractivity contribution in [3.8, 4) is 16.9 Å². The predicted molar refractivity (Wildman–Crippen MR) is 130 cm³/mol. The van der Waals surface area contributed by atoms with Gasteiger partial charge in [-0.25, -0.2) is 0 Å². The molecule has 1 heterocycles. The van der Waals surface area contributed by atoms with Gasteiger partial charge in [0.05, 0.1) is 7.11 Å². The van der Waals surface area contributed by atoms with Gasteiger partial charge in [0.2, 0.25) is 5.91 Å². The Morgan fingerprint density at radius 2 is 1.73 bits per heavy atom. The minimum absolute atomic E-state index is 0.0575. The van der Waals surface area contributed by atoms with Crippen LogP contribution in [0.25, 0.3) is 11.1 Å². The topological polar surface area (TPSA) is 58.6 Å². The van der Waals surface area contributed by atoms with E-state index < -0.39 is 6.04 Å². The Morgan fingerprint density at radius 3 is 2.52 bits per heavy atom. The second-order valence-electron chi connectivity index (χ2n) is 8.35. The van der Waals surface area contributed by atoms with Gasteiger partial charge < -0.3 is 15.0 Å². The summed E-state index contributed by atoms with van der Waals surface area (Å²) in [4.78, 5) is 27.9. The first-order valence-electron chi connectivity index (χ1n) is 11.5. The molecule has 1 saturated heterocycles. The Balaban J connectivity index is 1.38. The standard InChI is InChI=1S/C28H30N2O3/c1-33-25-15-6-13-23(20-25)22-12-5-14-24(19-22)28(32)30-18-8-16-26(30)27(31)29-17-7-11-21-9-3-2-4-10-21/h2-6,9-10,12-15,19-20,26H,7-8,11,16-18H2,1H3,(H,29,31). The van der Waals surface area contributed by atoms with Crippen molar-refractivity contribution in [1.82, 2.24) is 10.2 Å². The Kier molecular flexibility index (Phi) is 7.40. The number of amides is 2. The molecular weight excluding hydrogens is 412 g/mol. The van der Waals surface area contributed by atoms with Crippen LogP contribution in [0.1, 0.15) is 35.2 Å². The Hall–Kier alpha value is -3.60. The Morgan fingerprint density at radius 1 is 0.970 bits per heavy atom. The van der Waals surface area contributed by atoms with Gasteiger partial charge in [0, 0.05) is 18.7 Å². The second kappa shape index (κ2) is 10.8. The molecule has 0 aromatic heterocycles. The molecule has 1 atom stereocenters. The number of nitrogens with zero attached hydrogens (tertiary/aromatic N) is 1. The summed E-state index contributed by atoms with van der Waals surface area (Å²) in [6.45, 7) is 1.21. The monoisotopic (exact) mass is 442 g/mol. The average Bonchev–Trinajstić information content (AvgIpc) is 3.37. The van der Waals surface area contributed by atoms with E-state index >= 15 is 0 Å². The fourth-order valence-electron chi connectivity index (χ4n) is 4.35. The average molecular weight is 443 g/mol. The molecule has 1 fully saturated rings. The van der Waals surface area contributed by atoms with Crippen LogP contribution in [-0.4, -0.2) is 43.0 Å². The lowest BCUT2D eigenvalue weighted by molar-refractivity contribution is -0.124. The molecule has 33 heavy (non-hydrogen) atoms. The summed E-state index contributed by atoms with van der Waals surface area (Å²) in [6, 6.07) is 25.2. The van der Waals surface area contributed by atoms with Gasteiger partial charge in [0.25, 0.3) is 5.91 Å². The molecule has 1 aliphatic rings. The summed E-state index contributed by atoms with van der Waals surface area (Å²) in [7, 11) is 1.64. The predicted octanol–water partition coefficient (Wildman–Crippen LogP) is 4.72. The van der Waals surface area contributed by atoms with E-state index in [1.165, 1.54) is 5.56 Å². The lowest BCUT2D eigenvalue weighted by Crippen LogP contribution is -2.46. The number of hydrogen-bond acceptors (Lipinski definition) is 3. The van der Waals surface area contributed by atoms with Crippen LogP contribution in [0.4, 0.5) is 0 Å². The molecule has 1 unspecified atom stereocenters. The largest absolute Gasteiger partial charge is 0.497 e. The molecule has 0 bridgehead atoms. The van der Waals surface area contributed by atoms with Gasteiger partial charge in [-0.2, -0.15) is 0 Å². The fraction of sp³-hybridized carbons (Fsp3) is 0.286. The third kappa shape index (κ3) is 5.61. The molecule has 0 radical (unpaired) electrons. The lowest BCUT2D eigenvalue weighted by atomic mass is 10.0. The first-order valence-corrected chi connectivity index (χ1v) is 11.5. The number of aryl methyl sites for hydroxylation is 1. The van der Waals surface area contributed by atoms with Crippen LogP contribution in [0.5, 0.6) is 5.75 Å². The molecule has 0 aliphatic carbocycles. The van der Waals surface area contributed by atoms with Crippen molar-refractivity contribution < 1.29 is 14.3 Å². The highest BCUT2D eigenvalue weighted by atomic mass is 16.5. The van der Waals surface area contributed by atoms with E-state index in [2.05, 4.69) is 17.4 Å². The molecular formula is C28H30N2O3. The van der Waals surface area contributed by atoms with Gasteiger partial charge in [-0.15, -0.1) is 0 Å². The van der Waals surface area contributed by atoms with E-state index in [-0.39, 0.29) is 11.8 Å². The SMILES string of the molecule is COc1cccc(-c2cccc(C(=O)N3CCCC3C(=O)NCCCc3ccccc3)c2)c1. The number of rotatable bonds is 8. The summed E-state index contributed by atoms with van der Waals surface area (Å²) in [5, 5.41) is 3.03. The van der Waals surface area contributed by atoms with Crippen molar-refractivity contribution in [2.24, 2.45) is 0 Å². The van der Waals surface area contributed by atoms with Gasteiger partial charge in [0.15, 0.2) is 0 Å². The first kappa shape index (κ1) is 22.6. The fourth-order valence-corrected chi connectivity index (χ4v) is 4.35. The zero-order chi connectivity index (χ0) is 23.0. The van der Waals surface area contributed by atoms with E-state index in [1.54, 1.807) is 12.0 Å². The van der Waals surface area contributed by atoms with E-state index in [0.29, 0.717) is 25.1 Å². The van der Waals surface area contributed by atoms with Gasteiger partial charge in [-0.05, 0) is 66.6 Å². The maximum atomic E-state index is 13.3. The zero-order valence-corrected chi connectivity index (χ0v) is 19.0. The molecule has 2 amide bonds. The molecule has 1 aliphatic heterocycles. The number of methoxy groups -OCH3 is 1. The van der Waals surface area contributed by atoms with Crippen LogP contribution in [0.3, 0.4) is 0 Å². The van der Waals surface area contributed by atoms with Crippen LogP contribution in [0.2, 0.25) is 0 Å². The van der Waals surface area contributed by atoms with Crippen LogP contribution in [-0.2, 0) is 11.2 Å². The highest BCUT2D eigenvalue weighted by Gasteiger charge is 2.34. The Bertz CT molecular complexity index is 1100. The zero-order valence-electron chi connectivity index (χ0n) is 19.0. The number of carbonyl (C=O) groups excluding carboxylic acids is 2. The smallest absolute Gasteiger partial charge is 0.254 e. The van der Waals surface area contributed by atoms with E-state index in [4.69, 9.17) is 4.74 Å². The number of benzene rings is 3. The molecule has 170 valence electrons. The molecule has 1 N–H and O–H groups in total. The Labute approximate surface area is 195 Å². The number of nitrogens with one attached hydrogen (secondary N) is 1. The highest BCUT2D eigenvalue weighted by Crippen LogP contribution is 2.26. The minimum Gasteiger partial charge on any atom is -0.497 e. The molecule has 3 aromatic rings. The highest BCUT2D eigenvalue weighted by molar-refractivity contribution is 5.98. The maximum Gasteiger partial charge on any atom is 0.254 e. The normalized spacial score (nSPS) is 15.3. The third-order valence-electron chi connectivity index (χ3n) is 6.11. The van der Waals surface area contributed by atoms with Gasteiger partial charge in [-0.3, -0.25) is 9.59 Å². The van der Waals surface area contributed by atoms with Crippen LogP contribution >= 0.6 is 0 Å². The third-order valence-corrected chi connectivity index (χ3v) is 6.11. The summed E-state index contributed by atoms with van der Waals surface area (Å²) in [5.74, 6) is 0.618. The molecule has 5 nitrogen and oxygen atoms in total. The molecule has 3 aromatic carbocycles. The number of carbonyl (C=O) groups is 2. The minimum atomic E-state index is -0.408. The van der Waals surface area contributed by atoms with Crippen LogP contribution < -0.4 is 10.1 Å². The van der Waals surface area contributed by atoms with E-state index in [1.807, 2.05) is 66.7 Å². The number of ether oxygens (including phenoxy) is 1. The lowest BCUT2D eigenvalue weighted by Gasteiger charge is -2.24. The number of likely N-dealkylation sites (tertiary alicyclic amines) is 1. The van der Waals surface area contributed by atoms with Crippen molar-refractivity contribution in [1.29, 1.82) is 0 Å². The quantitative estimate of drug-likeness (QED) is 0.514. The molecule has 4 rings (SSSR count). The van der Waals surface area contributed by atoms with Crippen molar-refractivity contribution in [3.05, 3.63) is 90.0 Å². The van der Waals surface area contributed by atoms with E-state index in [0.717, 1.165) is 36.1 Å². The van der Waals surface area contributed by atoms with Crippen molar-refractivity contribution in [2.75, 3.05) is 20.2 Å². The molecule has 0 saturated carbocycles. The second-order valence-corrected chi connectivity index (χ2v) is 8.35. The molecule has 0 spiro atoms. The van der Waals surface area contributed by atoms with Crippen molar-refractivity contribution >= 4 is 11.8 Å². The van der Waals surface area contributed by atoms with Gasteiger partial charge >= 0.3 is 0 Å².